The topological polar surface area (TPSA) is 88.6 Å². The minimum atomic E-state index is -0.117. The van der Waals surface area contributed by atoms with E-state index in [-0.39, 0.29) is 11.8 Å². The number of methoxy groups -OCH3 is 1. The molecule has 1 aliphatic rings. The minimum absolute atomic E-state index is 0.117. The quantitative estimate of drug-likeness (QED) is 0.805. The zero-order valence-corrected chi connectivity index (χ0v) is 15.8. The van der Waals surface area contributed by atoms with Crippen molar-refractivity contribution in [2.45, 2.75) is 26.7 Å². The number of rotatable bonds is 5. The third-order valence-electron chi connectivity index (χ3n) is 4.67. The summed E-state index contributed by atoms with van der Waals surface area (Å²) in [5.41, 5.74) is 1.14. The molecule has 1 unspecified atom stereocenters. The molecule has 27 heavy (non-hydrogen) atoms. The molecule has 7 nitrogen and oxygen atoms in total. The van der Waals surface area contributed by atoms with Crippen molar-refractivity contribution in [2.24, 2.45) is 5.92 Å². The molecule has 3 rings (SSSR count). The summed E-state index contributed by atoms with van der Waals surface area (Å²) in [7, 11) is 1.55. The van der Waals surface area contributed by atoms with Crippen LogP contribution in [0.1, 0.15) is 40.5 Å². The molecular formula is C20H23N3O4. The van der Waals surface area contributed by atoms with Crippen molar-refractivity contribution in [3.63, 3.8) is 0 Å². The van der Waals surface area contributed by atoms with Gasteiger partial charge >= 0.3 is 0 Å². The first-order valence-corrected chi connectivity index (χ1v) is 8.96. The van der Waals surface area contributed by atoms with Crippen molar-refractivity contribution in [1.29, 1.82) is 5.26 Å². The number of nitriles is 1. The highest BCUT2D eigenvalue weighted by Crippen LogP contribution is 2.29. The number of likely N-dealkylation sites (tertiary alicyclic amines) is 1. The van der Waals surface area contributed by atoms with Gasteiger partial charge in [0, 0.05) is 32.0 Å². The fourth-order valence-corrected chi connectivity index (χ4v) is 3.32. The predicted octanol–water partition coefficient (Wildman–Crippen LogP) is 3.10. The number of carbonyl (C=O) groups is 1. The van der Waals surface area contributed by atoms with Crippen LogP contribution in [0.4, 0.5) is 0 Å². The Balaban J connectivity index is 1.63. The van der Waals surface area contributed by atoms with Crippen molar-refractivity contribution in [1.82, 2.24) is 9.88 Å². The first-order chi connectivity index (χ1) is 13.0. The molecule has 2 heterocycles. The van der Waals surface area contributed by atoms with E-state index in [2.05, 4.69) is 11.1 Å². The Morgan fingerprint density at radius 2 is 2.22 bits per heavy atom. The maximum absolute atomic E-state index is 12.7. The van der Waals surface area contributed by atoms with Gasteiger partial charge in [0.05, 0.1) is 31.0 Å². The largest absolute Gasteiger partial charge is 0.493 e. The lowest BCUT2D eigenvalue weighted by molar-refractivity contribution is 0.0598. The lowest BCUT2D eigenvalue weighted by Gasteiger charge is -2.32. The van der Waals surface area contributed by atoms with Gasteiger partial charge in [-0.15, -0.1) is 0 Å². The number of benzene rings is 1. The van der Waals surface area contributed by atoms with Crippen LogP contribution in [-0.2, 0) is 0 Å². The number of piperidine rings is 1. The Morgan fingerprint density at radius 3 is 2.89 bits per heavy atom. The first kappa shape index (κ1) is 18.8. The summed E-state index contributed by atoms with van der Waals surface area (Å²) in [4.78, 5) is 18.7. The molecule has 1 aromatic heterocycles. The zero-order chi connectivity index (χ0) is 19.4. The number of ether oxygens (including phenoxy) is 2. The van der Waals surface area contributed by atoms with E-state index in [0.29, 0.717) is 54.1 Å². The van der Waals surface area contributed by atoms with Gasteiger partial charge in [-0.3, -0.25) is 4.79 Å². The first-order valence-electron chi connectivity index (χ1n) is 8.96. The van der Waals surface area contributed by atoms with E-state index in [1.54, 1.807) is 44.1 Å². The van der Waals surface area contributed by atoms with Crippen LogP contribution in [0.3, 0.4) is 0 Å². The summed E-state index contributed by atoms with van der Waals surface area (Å²) >= 11 is 0. The molecule has 2 aromatic rings. The summed E-state index contributed by atoms with van der Waals surface area (Å²) in [6, 6.07) is 7.17. The highest BCUT2D eigenvalue weighted by Gasteiger charge is 2.28. The van der Waals surface area contributed by atoms with Crippen LogP contribution in [-0.4, -0.2) is 42.6 Å². The Morgan fingerprint density at radius 1 is 1.41 bits per heavy atom. The van der Waals surface area contributed by atoms with Crippen LogP contribution in [0.15, 0.2) is 22.6 Å². The zero-order valence-electron chi connectivity index (χ0n) is 15.8. The number of aryl methyl sites for hydroxylation is 2. The second-order valence-electron chi connectivity index (χ2n) is 6.70. The van der Waals surface area contributed by atoms with E-state index in [1.165, 1.54) is 0 Å². The van der Waals surface area contributed by atoms with E-state index in [0.717, 1.165) is 12.8 Å². The van der Waals surface area contributed by atoms with Crippen molar-refractivity contribution in [3.8, 4) is 17.6 Å². The van der Waals surface area contributed by atoms with Gasteiger partial charge in [0.1, 0.15) is 0 Å². The van der Waals surface area contributed by atoms with Crippen molar-refractivity contribution >= 4 is 5.91 Å². The molecule has 0 aliphatic carbocycles. The Hall–Kier alpha value is -3.01. The van der Waals surface area contributed by atoms with Gasteiger partial charge in [-0.05, 0) is 31.9 Å². The van der Waals surface area contributed by atoms with Crippen molar-refractivity contribution in [3.05, 3.63) is 41.1 Å². The van der Waals surface area contributed by atoms with Gasteiger partial charge < -0.3 is 18.8 Å². The van der Waals surface area contributed by atoms with E-state index >= 15 is 0 Å². The van der Waals surface area contributed by atoms with E-state index in [9.17, 15) is 4.79 Å². The number of hydrogen-bond donors (Lipinski definition) is 0. The third-order valence-corrected chi connectivity index (χ3v) is 4.67. The summed E-state index contributed by atoms with van der Waals surface area (Å²) in [6.07, 6.45) is 1.90. The highest BCUT2D eigenvalue weighted by molar-refractivity contribution is 5.92. The molecule has 1 aromatic carbocycles. The molecule has 0 N–H and O–H groups in total. The predicted molar refractivity (Wildman–Crippen MR) is 97.8 cm³/mol. The standard InChI is InChI=1S/C20H23N3O4/c1-13-19(27-14(2)22-13)20(24)23-8-4-5-16(11-23)12-26-17-7-6-15(10-21)9-18(17)25-3/h6-7,9,16H,4-5,8,11-12H2,1-3H3. The van der Waals surface area contributed by atoms with E-state index in [4.69, 9.17) is 19.2 Å². The summed E-state index contributed by atoms with van der Waals surface area (Å²) < 4.78 is 16.7. The summed E-state index contributed by atoms with van der Waals surface area (Å²) in [6.45, 7) is 5.30. The molecule has 1 saturated heterocycles. The highest BCUT2D eigenvalue weighted by atomic mass is 16.5. The smallest absolute Gasteiger partial charge is 0.291 e. The van der Waals surface area contributed by atoms with Gasteiger partial charge in [0.2, 0.25) is 5.76 Å². The summed E-state index contributed by atoms with van der Waals surface area (Å²) in [5, 5.41) is 8.98. The Kier molecular flexibility index (Phi) is 5.65. The Bertz CT molecular complexity index is 869. The van der Waals surface area contributed by atoms with E-state index < -0.39 is 0 Å². The molecule has 1 fully saturated rings. The number of nitrogens with zero attached hydrogens (tertiary/aromatic N) is 3. The van der Waals surface area contributed by atoms with Gasteiger partial charge in [-0.1, -0.05) is 0 Å². The second kappa shape index (κ2) is 8.12. The monoisotopic (exact) mass is 369 g/mol. The van der Waals surface area contributed by atoms with Gasteiger partial charge in [0.15, 0.2) is 17.4 Å². The van der Waals surface area contributed by atoms with Gasteiger partial charge in [-0.2, -0.15) is 5.26 Å². The van der Waals surface area contributed by atoms with Crippen molar-refractivity contribution in [2.75, 3.05) is 26.8 Å². The number of carbonyl (C=O) groups excluding carboxylic acids is 1. The fraction of sp³-hybridized carbons (Fsp3) is 0.450. The lowest BCUT2D eigenvalue weighted by Crippen LogP contribution is -2.41. The second-order valence-corrected chi connectivity index (χ2v) is 6.70. The van der Waals surface area contributed by atoms with Crippen LogP contribution in [0, 0.1) is 31.1 Å². The molecule has 0 spiro atoms. The van der Waals surface area contributed by atoms with Crippen LogP contribution in [0.25, 0.3) is 0 Å². The molecule has 142 valence electrons. The number of hydrogen-bond acceptors (Lipinski definition) is 6. The maximum Gasteiger partial charge on any atom is 0.291 e. The maximum atomic E-state index is 12.7. The van der Waals surface area contributed by atoms with Crippen LogP contribution in [0.5, 0.6) is 11.5 Å². The molecule has 0 radical (unpaired) electrons. The number of amides is 1. The lowest BCUT2D eigenvalue weighted by atomic mass is 9.98. The van der Waals surface area contributed by atoms with Crippen LogP contribution >= 0.6 is 0 Å². The van der Waals surface area contributed by atoms with Crippen LogP contribution < -0.4 is 9.47 Å². The average molecular weight is 369 g/mol. The normalized spacial score (nSPS) is 16.7. The molecular weight excluding hydrogens is 346 g/mol. The molecule has 7 heteroatoms. The molecule has 1 aliphatic heterocycles. The minimum Gasteiger partial charge on any atom is -0.493 e. The molecule has 1 amide bonds. The number of aromatic nitrogens is 1. The average Bonchev–Trinajstić information content (AvgIpc) is 3.03. The fourth-order valence-electron chi connectivity index (χ4n) is 3.32. The van der Waals surface area contributed by atoms with Gasteiger partial charge in [0.25, 0.3) is 5.91 Å². The SMILES string of the molecule is COc1cc(C#N)ccc1OCC1CCCN(C(=O)c2oc(C)nc2C)C1. The van der Waals surface area contributed by atoms with E-state index in [1.807, 2.05) is 0 Å². The summed E-state index contributed by atoms with van der Waals surface area (Å²) in [5.74, 6) is 2.05. The Labute approximate surface area is 158 Å². The molecule has 0 saturated carbocycles. The molecule has 0 bridgehead atoms. The van der Waals surface area contributed by atoms with Crippen LogP contribution in [0.2, 0.25) is 0 Å². The third kappa shape index (κ3) is 4.22. The van der Waals surface area contributed by atoms with Crippen molar-refractivity contribution < 1.29 is 18.7 Å². The molecule has 1 atom stereocenters. The number of oxazole rings is 1. The van der Waals surface area contributed by atoms with Gasteiger partial charge in [-0.25, -0.2) is 4.98 Å².